The molecule has 2 amide bonds. The molecular weight excluding hydrogens is 396 g/mol. The van der Waals surface area contributed by atoms with Crippen LogP contribution in [0.25, 0.3) is 0 Å². The Hall–Kier alpha value is -2.32. The number of hydrogen-bond acceptors (Lipinski definition) is 5. The van der Waals surface area contributed by atoms with Gasteiger partial charge < -0.3 is 10.2 Å². The van der Waals surface area contributed by atoms with Crippen LogP contribution < -0.4 is 5.32 Å². The fraction of sp³-hybridized carbons (Fsp3) is 0.300. The number of rotatable bonds is 4. The van der Waals surface area contributed by atoms with Crippen molar-refractivity contribution in [2.45, 2.75) is 11.8 Å². The third-order valence-electron chi connectivity index (χ3n) is 4.55. The summed E-state index contributed by atoms with van der Waals surface area (Å²) in [4.78, 5) is 27.1. The van der Waals surface area contributed by atoms with Gasteiger partial charge in [-0.2, -0.15) is 11.8 Å². The summed E-state index contributed by atoms with van der Waals surface area (Å²) in [5.74, 6) is 1.37. The van der Waals surface area contributed by atoms with E-state index in [9.17, 15) is 18.0 Å². The molecule has 1 saturated heterocycles. The molecule has 0 saturated carbocycles. The molecule has 1 N–H and O–H groups in total. The van der Waals surface area contributed by atoms with Crippen molar-refractivity contribution < 1.29 is 18.0 Å². The predicted octanol–water partition coefficient (Wildman–Crippen LogP) is 2.84. The molecule has 1 aliphatic heterocycles. The Bertz CT molecular complexity index is 1010. The van der Waals surface area contributed by atoms with Crippen molar-refractivity contribution in [3.63, 3.8) is 0 Å². The van der Waals surface area contributed by atoms with Gasteiger partial charge in [0.1, 0.15) is 0 Å². The number of amides is 2. The zero-order valence-electron chi connectivity index (χ0n) is 15.8. The van der Waals surface area contributed by atoms with Crippen molar-refractivity contribution in [1.82, 2.24) is 4.90 Å². The minimum absolute atomic E-state index is 0.0105. The lowest BCUT2D eigenvalue weighted by molar-refractivity contribution is 0.0772. The van der Waals surface area contributed by atoms with Crippen LogP contribution in [-0.2, 0) is 9.84 Å². The van der Waals surface area contributed by atoms with Gasteiger partial charge in [0.15, 0.2) is 9.84 Å². The summed E-state index contributed by atoms with van der Waals surface area (Å²) in [7, 11) is -3.52. The SMILES string of the molecule is Cc1cc(C(=O)N2CCSCC2)ccc1NC(=O)c1ccccc1S(C)(=O)=O. The molecule has 8 heteroatoms. The Labute approximate surface area is 169 Å². The second-order valence-electron chi connectivity index (χ2n) is 6.66. The van der Waals surface area contributed by atoms with Gasteiger partial charge >= 0.3 is 0 Å². The second-order valence-corrected chi connectivity index (χ2v) is 9.87. The molecule has 2 aromatic rings. The van der Waals surface area contributed by atoms with Crippen LogP contribution in [0.2, 0.25) is 0 Å². The standard InChI is InChI=1S/C20H22N2O4S2/c1-14-13-15(20(24)22-9-11-27-12-10-22)7-8-17(14)21-19(23)16-5-3-4-6-18(16)28(2,25)26/h3-8,13H,9-12H2,1-2H3,(H,21,23). The van der Waals surface area contributed by atoms with Gasteiger partial charge in [0.2, 0.25) is 0 Å². The highest BCUT2D eigenvalue weighted by molar-refractivity contribution is 7.99. The lowest BCUT2D eigenvalue weighted by atomic mass is 10.1. The zero-order chi connectivity index (χ0) is 20.3. The monoisotopic (exact) mass is 418 g/mol. The molecule has 2 aromatic carbocycles. The smallest absolute Gasteiger partial charge is 0.256 e. The Morgan fingerprint density at radius 1 is 1.07 bits per heavy atom. The number of carbonyl (C=O) groups is 2. The first kappa shape index (κ1) is 20.4. The molecule has 28 heavy (non-hydrogen) atoms. The molecule has 148 valence electrons. The average molecular weight is 419 g/mol. The van der Waals surface area contributed by atoms with Crippen LogP contribution in [0.4, 0.5) is 5.69 Å². The number of sulfone groups is 1. The Morgan fingerprint density at radius 2 is 1.75 bits per heavy atom. The average Bonchev–Trinajstić information content (AvgIpc) is 2.69. The van der Waals surface area contributed by atoms with E-state index in [0.717, 1.165) is 36.4 Å². The van der Waals surface area contributed by atoms with Crippen molar-refractivity contribution in [2.75, 3.05) is 36.2 Å². The number of nitrogens with zero attached hydrogens (tertiary/aromatic N) is 1. The second kappa shape index (κ2) is 8.36. The molecule has 3 rings (SSSR count). The number of nitrogens with one attached hydrogen (secondary N) is 1. The highest BCUT2D eigenvalue weighted by atomic mass is 32.2. The van der Waals surface area contributed by atoms with Crippen LogP contribution in [0, 0.1) is 6.92 Å². The van der Waals surface area contributed by atoms with Crippen molar-refractivity contribution in [2.24, 2.45) is 0 Å². The van der Waals surface area contributed by atoms with E-state index >= 15 is 0 Å². The molecule has 0 spiro atoms. The van der Waals surface area contributed by atoms with Gasteiger partial charge in [-0.25, -0.2) is 8.42 Å². The third kappa shape index (κ3) is 4.56. The first-order valence-corrected chi connectivity index (χ1v) is 11.9. The molecular formula is C20H22N2O4S2. The highest BCUT2D eigenvalue weighted by Crippen LogP contribution is 2.22. The van der Waals surface area contributed by atoms with E-state index in [4.69, 9.17) is 0 Å². The summed E-state index contributed by atoms with van der Waals surface area (Å²) in [6, 6.07) is 11.2. The quantitative estimate of drug-likeness (QED) is 0.825. The summed E-state index contributed by atoms with van der Waals surface area (Å²) in [5, 5.41) is 2.75. The minimum Gasteiger partial charge on any atom is -0.337 e. The summed E-state index contributed by atoms with van der Waals surface area (Å²) >= 11 is 1.84. The number of thioether (sulfide) groups is 1. The van der Waals surface area contributed by atoms with E-state index in [1.807, 2.05) is 16.7 Å². The molecule has 1 fully saturated rings. The lowest BCUT2D eigenvalue weighted by Gasteiger charge is -2.26. The summed E-state index contributed by atoms with van der Waals surface area (Å²) in [6.07, 6.45) is 1.07. The number of benzene rings is 2. The van der Waals surface area contributed by atoms with Crippen molar-refractivity contribution in [3.8, 4) is 0 Å². The third-order valence-corrected chi connectivity index (χ3v) is 6.65. The number of hydrogen-bond donors (Lipinski definition) is 1. The van der Waals surface area contributed by atoms with Gasteiger partial charge in [-0.1, -0.05) is 12.1 Å². The van der Waals surface area contributed by atoms with Crippen LogP contribution in [0.15, 0.2) is 47.4 Å². The van der Waals surface area contributed by atoms with Crippen molar-refractivity contribution >= 4 is 39.1 Å². The highest BCUT2D eigenvalue weighted by Gasteiger charge is 2.21. The minimum atomic E-state index is -3.52. The van der Waals surface area contributed by atoms with E-state index in [-0.39, 0.29) is 16.4 Å². The van der Waals surface area contributed by atoms with Crippen LogP contribution in [0.3, 0.4) is 0 Å². The first-order valence-electron chi connectivity index (χ1n) is 8.85. The topological polar surface area (TPSA) is 83.6 Å². The maximum absolute atomic E-state index is 12.6. The number of carbonyl (C=O) groups excluding carboxylic acids is 2. The maximum atomic E-state index is 12.6. The van der Waals surface area contributed by atoms with Crippen LogP contribution in [0.1, 0.15) is 26.3 Å². The molecule has 0 radical (unpaired) electrons. The van der Waals surface area contributed by atoms with Gasteiger partial charge in [-0.3, -0.25) is 9.59 Å². The largest absolute Gasteiger partial charge is 0.337 e. The van der Waals surface area contributed by atoms with Crippen molar-refractivity contribution in [3.05, 3.63) is 59.2 Å². The molecule has 0 bridgehead atoms. The summed E-state index contributed by atoms with van der Waals surface area (Å²) < 4.78 is 23.8. The fourth-order valence-electron chi connectivity index (χ4n) is 3.05. The van der Waals surface area contributed by atoms with Crippen LogP contribution in [-0.4, -0.2) is 56.0 Å². The van der Waals surface area contributed by atoms with E-state index in [0.29, 0.717) is 11.3 Å². The molecule has 1 heterocycles. The maximum Gasteiger partial charge on any atom is 0.256 e. The molecule has 0 atom stereocenters. The van der Waals surface area contributed by atoms with Crippen molar-refractivity contribution in [1.29, 1.82) is 0 Å². The zero-order valence-corrected chi connectivity index (χ0v) is 17.4. The molecule has 0 aromatic heterocycles. The van der Waals surface area contributed by atoms with Gasteiger partial charge in [0, 0.05) is 42.1 Å². The Kier molecular flexibility index (Phi) is 6.10. The van der Waals surface area contributed by atoms with Gasteiger partial charge in [0.25, 0.3) is 11.8 Å². The van der Waals surface area contributed by atoms with Gasteiger partial charge in [0.05, 0.1) is 10.5 Å². The van der Waals surface area contributed by atoms with Gasteiger partial charge in [-0.15, -0.1) is 0 Å². The van der Waals surface area contributed by atoms with E-state index in [1.54, 1.807) is 37.3 Å². The number of anilines is 1. The van der Waals surface area contributed by atoms with Crippen LogP contribution in [0.5, 0.6) is 0 Å². The van der Waals surface area contributed by atoms with E-state index < -0.39 is 15.7 Å². The normalized spacial score (nSPS) is 14.6. The fourth-order valence-corrected chi connectivity index (χ4v) is 4.84. The Morgan fingerprint density at radius 3 is 2.39 bits per heavy atom. The lowest BCUT2D eigenvalue weighted by Crippen LogP contribution is -2.37. The molecule has 0 aliphatic carbocycles. The molecule has 6 nitrogen and oxygen atoms in total. The molecule has 1 aliphatic rings. The van der Waals surface area contributed by atoms with E-state index in [1.165, 1.54) is 12.1 Å². The van der Waals surface area contributed by atoms with Crippen LogP contribution >= 0.6 is 11.8 Å². The molecule has 0 unspecified atom stereocenters. The van der Waals surface area contributed by atoms with E-state index in [2.05, 4.69) is 5.32 Å². The first-order chi connectivity index (χ1) is 13.3. The van der Waals surface area contributed by atoms with Gasteiger partial charge in [-0.05, 0) is 42.8 Å². The Balaban J connectivity index is 1.80. The number of aryl methyl sites for hydroxylation is 1. The predicted molar refractivity (Wildman–Crippen MR) is 112 cm³/mol. The summed E-state index contributed by atoms with van der Waals surface area (Å²) in [5.41, 5.74) is 1.95. The summed E-state index contributed by atoms with van der Waals surface area (Å²) in [6.45, 7) is 3.29.